The Labute approximate surface area is 209 Å². The highest BCUT2D eigenvalue weighted by atomic mass is 32.2. The average molecular weight is 514 g/mol. The van der Waals surface area contributed by atoms with Crippen molar-refractivity contribution in [2.75, 3.05) is 13.1 Å². The van der Waals surface area contributed by atoms with Gasteiger partial charge in [0, 0.05) is 11.1 Å². The van der Waals surface area contributed by atoms with Crippen molar-refractivity contribution in [1.29, 1.82) is 0 Å². The second-order valence-electron chi connectivity index (χ2n) is 9.49. The number of aromatic carboxylic acids is 1. The van der Waals surface area contributed by atoms with Crippen LogP contribution in [0.3, 0.4) is 0 Å². The molecular weight excluding hydrogens is 486 g/mol. The maximum atomic E-state index is 13.0. The number of furan rings is 1. The number of hydrogen-bond donors (Lipinski definition) is 1. The van der Waals surface area contributed by atoms with Crippen LogP contribution in [0, 0.1) is 0 Å². The van der Waals surface area contributed by atoms with Crippen LogP contribution in [0.2, 0.25) is 0 Å². The zero-order valence-corrected chi connectivity index (χ0v) is 20.9. The van der Waals surface area contributed by atoms with E-state index in [1.807, 2.05) is 0 Å². The first-order chi connectivity index (χ1) is 16.9. The standard InChI is InChI=1S/C26H27NO8S/c1-26(2,3)35-25(30)27-13-19(14-27)34-23-21(17-11-12-33-15-17)10-9-18(22(23)24(28)29)16-36(31,32)20-7-5-4-6-8-20/h4-12,15,19H,13-14,16H2,1-3H3,(H,28,29). The lowest BCUT2D eigenvalue weighted by Gasteiger charge is -2.40. The molecule has 0 atom stereocenters. The molecule has 1 fully saturated rings. The van der Waals surface area contributed by atoms with Crippen LogP contribution in [0.25, 0.3) is 11.1 Å². The number of benzene rings is 2. The Morgan fingerprint density at radius 1 is 1.08 bits per heavy atom. The van der Waals surface area contributed by atoms with Crippen molar-refractivity contribution < 1.29 is 37.0 Å². The van der Waals surface area contributed by atoms with Gasteiger partial charge in [0.25, 0.3) is 0 Å². The summed E-state index contributed by atoms with van der Waals surface area (Å²) >= 11 is 0. The summed E-state index contributed by atoms with van der Waals surface area (Å²) in [7, 11) is -3.82. The number of carboxylic acid groups (broad SMARTS) is 1. The third kappa shape index (κ3) is 5.54. The first-order valence-corrected chi connectivity index (χ1v) is 12.9. The van der Waals surface area contributed by atoms with Crippen molar-refractivity contribution in [3.8, 4) is 16.9 Å². The molecule has 2 aromatic carbocycles. The SMILES string of the molecule is CC(C)(C)OC(=O)N1CC(Oc2c(-c3ccoc3)ccc(CS(=O)(=O)c3ccccc3)c2C(=O)O)C1. The maximum Gasteiger partial charge on any atom is 0.410 e. The lowest BCUT2D eigenvalue weighted by Crippen LogP contribution is -2.57. The first-order valence-electron chi connectivity index (χ1n) is 11.3. The molecule has 1 aromatic heterocycles. The fourth-order valence-electron chi connectivity index (χ4n) is 3.82. The van der Waals surface area contributed by atoms with Gasteiger partial charge in [0.05, 0.1) is 36.3 Å². The summed E-state index contributed by atoms with van der Waals surface area (Å²) in [6.45, 7) is 5.70. The van der Waals surface area contributed by atoms with E-state index in [4.69, 9.17) is 13.9 Å². The van der Waals surface area contributed by atoms with Crippen molar-refractivity contribution in [3.05, 3.63) is 72.2 Å². The predicted octanol–water partition coefficient (Wildman–Crippen LogP) is 4.62. The van der Waals surface area contributed by atoms with Gasteiger partial charge in [0.1, 0.15) is 23.0 Å². The number of ether oxygens (including phenoxy) is 2. The van der Waals surface area contributed by atoms with E-state index in [0.29, 0.717) is 11.1 Å². The third-order valence-corrected chi connectivity index (χ3v) is 7.20. The molecule has 0 spiro atoms. The molecule has 0 bridgehead atoms. The Bertz CT molecular complexity index is 1350. The molecule has 0 unspecified atom stereocenters. The van der Waals surface area contributed by atoms with Crippen LogP contribution in [-0.2, 0) is 20.3 Å². The summed E-state index contributed by atoms with van der Waals surface area (Å²) in [5.74, 6) is -1.81. The van der Waals surface area contributed by atoms with Crippen LogP contribution in [0.1, 0.15) is 36.7 Å². The van der Waals surface area contributed by atoms with Crippen molar-refractivity contribution in [1.82, 2.24) is 4.90 Å². The second kappa shape index (κ2) is 9.69. The largest absolute Gasteiger partial charge is 0.485 e. The first kappa shape index (κ1) is 25.3. The molecule has 190 valence electrons. The summed E-state index contributed by atoms with van der Waals surface area (Å²) < 4.78 is 42.7. The zero-order chi connectivity index (χ0) is 26.1. The van der Waals surface area contributed by atoms with Gasteiger partial charge in [-0.15, -0.1) is 0 Å². The highest BCUT2D eigenvalue weighted by Crippen LogP contribution is 2.38. The molecule has 1 aliphatic heterocycles. The molecule has 1 saturated heterocycles. The van der Waals surface area contributed by atoms with E-state index in [1.54, 1.807) is 51.1 Å². The number of hydrogen-bond acceptors (Lipinski definition) is 7. The Balaban J connectivity index is 1.67. The van der Waals surface area contributed by atoms with Gasteiger partial charge in [-0.1, -0.05) is 30.3 Å². The molecule has 1 amide bonds. The van der Waals surface area contributed by atoms with E-state index in [0.717, 1.165) is 0 Å². The fraction of sp³-hybridized carbons (Fsp3) is 0.308. The molecule has 1 aliphatic rings. The van der Waals surface area contributed by atoms with Crippen molar-refractivity contribution in [2.45, 2.75) is 43.1 Å². The van der Waals surface area contributed by atoms with Gasteiger partial charge in [-0.3, -0.25) is 0 Å². The topological polar surface area (TPSA) is 123 Å². The van der Waals surface area contributed by atoms with Gasteiger partial charge in [-0.2, -0.15) is 0 Å². The molecule has 3 aromatic rings. The van der Waals surface area contributed by atoms with Gasteiger partial charge in [-0.05, 0) is 44.5 Å². The predicted molar refractivity (Wildman–Crippen MR) is 131 cm³/mol. The van der Waals surface area contributed by atoms with E-state index in [9.17, 15) is 23.1 Å². The highest BCUT2D eigenvalue weighted by Gasteiger charge is 2.37. The third-order valence-electron chi connectivity index (χ3n) is 5.52. The summed E-state index contributed by atoms with van der Waals surface area (Å²) in [5, 5.41) is 10.1. The molecular formula is C26H27NO8S. The number of rotatable bonds is 7. The molecule has 4 rings (SSSR count). The lowest BCUT2D eigenvalue weighted by molar-refractivity contribution is -0.0223. The minimum absolute atomic E-state index is 0.0264. The number of carbonyl (C=O) groups excluding carboxylic acids is 1. The molecule has 0 saturated carbocycles. The van der Waals surface area contributed by atoms with E-state index >= 15 is 0 Å². The van der Waals surface area contributed by atoms with Crippen LogP contribution in [0.5, 0.6) is 5.75 Å². The molecule has 2 heterocycles. The van der Waals surface area contributed by atoms with Crippen molar-refractivity contribution >= 4 is 21.9 Å². The quantitative estimate of drug-likeness (QED) is 0.486. The molecule has 10 heteroatoms. The smallest absolute Gasteiger partial charge is 0.410 e. The molecule has 9 nitrogen and oxygen atoms in total. The van der Waals surface area contributed by atoms with E-state index < -0.39 is 39.4 Å². The van der Waals surface area contributed by atoms with Gasteiger partial charge in [0.15, 0.2) is 9.84 Å². The normalized spacial score (nSPS) is 14.2. The van der Waals surface area contributed by atoms with Crippen molar-refractivity contribution in [3.63, 3.8) is 0 Å². The number of amides is 1. The molecule has 1 N–H and O–H groups in total. The van der Waals surface area contributed by atoms with Crippen LogP contribution < -0.4 is 4.74 Å². The minimum Gasteiger partial charge on any atom is -0.485 e. The summed E-state index contributed by atoms with van der Waals surface area (Å²) in [5.41, 5.74) is 0.221. The molecule has 0 aliphatic carbocycles. The second-order valence-corrected chi connectivity index (χ2v) is 11.5. The van der Waals surface area contributed by atoms with E-state index in [2.05, 4.69) is 0 Å². The van der Waals surface area contributed by atoms with Gasteiger partial charge in [-0.25, -0.2) is 18.0 Å². The molecule has 0 radical (unpaired) electrons. The monoisotopic (exact) mass is 513 g/mol. The van der Waals surface area contributed by atoms with Gasteiger partial charge in [0.2, 0.25) is 0 Å². The highest BCUT2D eigenvalue weighted by molar-refractivity contribution is 7.90. The number of carbonyl (C=O) groups is 2. The number of nitrogens with zero attached hydrogens (tertiary/aromatic N) is 1. The number of sulfone groups is 1. The Morgan fingerprint density at radius 3 is 2.36 bits per heavy atom. The Hall–Kier alpha value is -3.79. The van der Waals surface area contributed by atoms with Crippen LogP contribution in [0.4, 0.5) is 4.79 Å². The number of carboxylic acids is 1. The zero-order valence-electron chi connectivity index (χ0n) is 20.1. The maximum absolute atomic E-state index is 13.0. The number of likely N-dealkylation sites (tertiary alicyclic amines) is 1. The lowest BCUT2D eigenvalue weighted by atomic mass is 9.99. The molecule has 36 heavy (non-hydrogen) atoms. The Morgan fingerprint density at radius 2 is 1.78 bits per heavy atom. The van der Waals surface area contributed by atoms with Crippen molar-refractivity contribution in [2.24, 2.45) is 0 Å². The summed E-state index contributed by atoms with van der Waals surface area (Å²) in [6.07, 6.45) is 1.91. The van der Waals surface area contributed by atoms with Gasteiger partial charge >= 0.3 is 12.1 Å². The van der Waals surface area contributed by atoms with E-state index in [1.165, 1.54) is 35.6 Å². The Kier molecular flexibility index (Phi) is 6.81. The minimum atomic E-state index is -3.82. The van der Waals surface area contributed by atoms with E-state index in [-0.39, 0.29) is 34.9 Å². The summed E-state index contributed by atoms with van der Waals surface area (Å²) in [4.78, 5) is 26.3. The van der Waals surface area contributed by atoms with Gasteiger partial charge < -0.3 is 23.9 Å². The van der Waals surface area contributed by atoms with Crippen LogP contribution in [-0.4, -0.2) is 55.3 Å². The summed E-state index contributed by atoms with van der Waals surface area (Å²) in [6, 6.07) is 12.6. The average Bonchev–Trinajstić information content (AvgIpc) is 3.29. The van der Waals surface area contributed by atoms with Crippen LogP contribution >= 0.6 is 0 Å². The van der Waals surface area contributed by atoms with Crippen LogP contribution in [0.15, 0.2) is 70.4 Å². The fourth-order valence-corrected chi connectivity index (χ4v) is 5.20.